The van der Waals surface area contributed by atoms with Crippen LogP contribution in [0, 0.1) is 0 Å². The van der Waals surface area contributed by atoms with Gasteiger partial charge in [-0.25, -0.2) is 10.8 Å². The van der Waals surface area contributed by atoms with Crippen molar-refractivity contribution in [3.63, 3.8) is 0 Å². The molecule has 0 saturated heterocycles. The highest BCUT2D eigenvalue weighted by Gasteiger charge is 2.09. The second-order valence-corrected chi connectivity index (χ2v) is 5.39. The van der Waals surface area contributed by atoms with Crippen LogP contribution in [-0.2, 0) is 13.0 Å². The number of nitrogens with two attached hydrogens (primary N) is 1. The maximum atomic E-state index is 5.42. The molecule has 0 spiro atoms. The number of aryl methyl sites for hydroxylation is 1. The molecule has 0 aromatic carbocycles. The standard InChI is InChI=1S/C14H16N6S/c1-2-9-4-3-6-16-11(9)8-17-12-10-5-7-21-13(10)19-14(18-12)20-15/h3-7H,2,8,15H2,1H3,(H2,17,18,19,20). The van der Waals surface area contributed by atoms with Crippen molar-refractivity contribution in [3.8, 4) is 0 Å². The van der Waals surface area contributed by atoms with Gasteiger partial charge in [-0.05, 0) is 29.5 Å². The maximum Gasteiger partial charge on any atom is 0.240 e. The number of hydrogen-bond acceptors (Lipinski definition) is 7. The van der Waals surface area contributed by atoms with Crippen molar-refractivity contribution in [2.24, 2.45) is 5.84 Å². The number of rotatable bonds is 5. The van der Waals surface area contributed by atoms with Crippen molar-refractivity contribution in [2.75, 3.05) is 10.7 Å². The largest absolute Gasteiger partial charge is 0.364 e. The summed E-state index contributed by atoms with van der Waals surface area (Å²) in [5, 5.41) is 6.32. The van der Waals surface area contributed by atoms with Gasteiger partial charge in [-0.15, -0.1) is 11.3 Å². The zero-order chi connectivity index (χ0) is 14.7. The van der Waals surface area contributed by atoms with Crippen molar-refractivity contribution in [1.82, 2.24) is 15.0 Å². The summed E-state index contributed by atoms with van der Waals surface area (Å²) in [7, 11) is 0. The van der Waals surface area contributed by atoms with Crippen LogP contribution in [0.2, 0.25) is 0 Å². The first-order valence-corrected chi connectivity index (χ1v) is 7.58. The fourth-order valence-electron chi connectivity index (χ4n) is 2.17. The van der Waals surface area contributed by atoms with Gasteiger partial charge >= 0.3 is 0 Å². The van der Waals surface area contributed by atoms with Crippen molar-refractivity contribution < 1.29 is 0 Å². The molecule has 108 valence electrons. The Hall–Kier alpha value is -2.25. The average Bonchev–Trinajstić information content (AvgIpc) is 3.01. The number of nitrogen functional groups attached to an aromatic ring is 1. The van der Waals surface area contributed by atoms with Gasteiger partial charge in [0.25, 0.3) is 0 Å². The minimum Gasteiger partial charge on any atom is -0.364 e. The van der Waals surface area contributed by atoms with Crippen LogP contribution in [0.25, 0.3) is 10.2 Å². The van der Waals surface area contributed by atoms with E-state index in [-0.39, 0.29) is 0 Å². The minimum absolute atomic E-state index is 0.407. The number of pyridine rings is 1. The molecule has 0 aliphatic rings. The highest BCUT2D eigenvalue weighted by Crippen LogP contribution is 2.26. The predicted octanol–water partition coefficient (Wildman–Crippen LogP) is 2.55. The van der Waals surface area contributed by atoms with Crippen LogP contribution >= 0.6 is 11.3 Å². The molecule has 21 heavy (non-hydrogen) atoms. The summed E-state index contributed by atoms with van der Waals surface area (Å²) >= 11 is 1.56. The van der Waals surface area contributed by atoms with Gasteiger partial charge in [0.15, 0.2) is 0 Å². The second kappa shape index (κ2) is 6.02. The van der Waals surface area contributed by atoms with Crippen LogP contribution in [-0.4, -0.2) is 15.0 Å². The number of thiophene rings is 1. The van der Waals surface area contributed by atoms with Crippen molar-refractivity contribution >= 4 is 33.3 Å². The van der Waals surface area contributed by atoms with Gasteiger partial charge in [0, 0.05) is 6.20 Å². The zero-order valence-corrected chi connectivity index (χ0v) is 12.4. The molecular formula is C14H16N6S. The molecule has 0 radical (unpaired) electrons. The molecule has 3 heterocycles. The molecule has 0 aliphatic carbocycles. The highest BCUT2D eigenvalue weighted by atomic mass is 32.1. The Morgan fingerprint density at radius 3 is 3.00 bits per heavy atom. The van der Waals surface area contributed by atoms with E-state index in [1.54, 1.807) is 11.3 Å². The van der Waals surface area contributed by atoms with Crippen molar-refractivity contribution in [1.29, 1.82) is 0 Å². The quantitative estimate of drug-likeness (QED) is 0.496. The summed E-state index contributed by atoms with van der Waals surface area (Å²) in [6.07, 6.45) is 2.77. The van der Waals surface area contributed by atoms with Crippen LogP contribution in [0.5, 0.6) is 0 Å². The van der Waals surface area contributed by atoms with Gasteiger partial charge < -0.3 is 5.32 Å². The lowest BCUT2D eigenvalue weighted by Crippen LogP contribution is -2.12. The molecule has 0 saturated carbocycles. The molecule has 0 amide bonds. The van der Waals surface area contributed by atoms with Gasteiger partial charge in [0.1, 0.15) is 10.6 Å². The predicted molar refractivity (Wildman–Crippen MR) is 86.2 cm³/mol. The Morgan fingerprint density at radius 1 is 1.29 bits per heavy atom. The Kier molecular flexibility index (Phi) is 3.94. The second-order valence-electron chi connectivity index (χ2n) is 4.50. The van der Waals surface area contributed by atoms with E-state index in [0.29, 0.717) is 12.5 Å². The van der Waals surface area contributed by atoms with E-state index < -0.39 is 0 Å². The molecule has 4 N–H and O–H groups in total. The van der Waals surface area contributed by atoms with Gasteiger partial charge in [-0.2, -0.15) is 4.98 Å². The summed E-state index contributed by atoms with van der Waals surface area (Å²) in [4.78, 5) is 14.0. The molecule has 3 rings (SSSR count). The van der Waals surface area contributed by atoms with Crippen molar-refractivity contribution in [2.45, 2.75) is 19.9 Å². The molecule has 0 bridgehead atoms. The number of aromatic nitrogens is 3. The Morgan fingerprint density at radius 2 is 2.19 bits per heavy atom. The Bertz CT molecular complexity index is 754. The van der Waals surface area contributed by atoms with Crippen LogP contribution in [0.15, 0.2) is 29.8 Å². The number of anilines is 2. The SMILES string of the molecule is CCc1cccnc1CNc1nc(NN)nc2sccc12. The molecule has 0 unspecified atom stereocenters. The smallest absolute Gasteiger partial charge is 0.240 e. The lowest BCUT2D eigenvalue weighted by molar-refractivity contribution is 0.965. The van der Waals surface area contributed by atoms with E-state index in [2.05, 4.69) is 38.7 Å². The molecular weight excluding hydrogens is 284 g/mol. The lowest BCUT2D eigenvalue weighted by atomic mass is 10.1. The van der Waals surface area contributed by atoms with Crippen LogP contribution in [0.1, 0.15) is 18.2 Å². The van der Waals surface area contributed by atoms with E-state index >= 15 is 0 Å². The minimum atomic E-state index is 0.407. The molecule has 0 fully saturated rings. The lowest BCUT2D eigenvalue weighted by Gasteiger charge is -2.10. The molecule has 7 heteroatoms. The first-order valence-electron chi connectivity index (χ1n) is 6.70. The first-order chi connectivity index (χ1) is 10.3. The fraction of sp³-hybridized carbons (Fsp3) is 0.214. The topological polar surface area (TPSA) is 88.8 Å². The van der Waals surface area contributed by atoms with E-state index in [1.807, 2.05) is 23.7 Å². The summed E-state index contributed by atoms with van der Waals surface area (Å²) < 4.78 is 0. The normalized spacial score (nSPS) is 10.8. The molecule has 3 aromatic heterocycles. The van der Waals surface area contributed by atoms with E-state index in [4.69, 9.17) is 5.84 Å². The highest BCUT2D eigenvalue weighted by molar-refractivity contribution is 7.16. The zero-order valence-electron chi connectivity index (χ0n) is 11.6. The molecule has 0 aliphatic heterocycles. The van der Waals surface area contributed by atoms with Gasteiger partial charge in [0.05, 0.1) is 17.6 Å². The summed E-state index contributed by atoms with van der Waals surface area (Å²) in [6, 6.07) is 6.05. The van der Waals surface area contributed by atoms with Gasteiger partial charge in [-0.3, -0.25) is 10.4 Å². The fourth-order valence-corrected chi connectivity index (χ4v) is 2.94. The summed E-state index contributed by atoms with van der Waals surface area (Å²) in [5.41, 5.74) is 4.76. The first kappa shape index (κ1) is 13.7. The number of hydrogen-bond donors (Lipinski definition) is 3. The van der Waals surface area contributed by atoms with Crippen LogP contribution < -0.4 is 16.6 Å². The molecule has 0 atom stereocenters. The number of nitrogens with one attached hydrogen (secondary N) is 2. The number of hydrazine groups is 1. The third-order valence-corrected chi connectivity index (χ3v) is 4.05. The Balaban J connectivity index is 1.89. The van der Waals surface area contributed by atoms with Gasteiger partial charge in [0.2, 0.25) is 5.95 Å². The summed E-state index contributed by atoms with van der Waals surface area (Å²) in [5.74, 6) is 6.59. The van der Waals surface area contributed by atoms with Crippen LogP contribution in [0.4, 0.5) is 11.8 Å². The monoisotopic (exact) mass is 300 g/mol. The number of nitrogens with zero attached hydrogens (tertiary/aromatic N) is 3. The molecule has 3 aromatic rings. The summed E-state index contributed by atoms with van der Waals surface area (Å²) in [6.45, 7) is 2.74. The maximum absolute atomic E-state index is 5.42. The Labute approximate surface area is 126 Å². The molecule has 6 nitrogen and oxygen atoms in total. The third kappa shape index (κ3) is 2.79. The average molecular weight is 300 g/mol. The van der Waals surface area contributed by atoms with E-state index in [1.165, 1.54) is 5.56 Å². The van der Waals surface area contributed by atoms with Gasteiger partial charge in [-0.1, -0.05) is 13.0 Å². The van der Waals surface area contributed by atoms with E-state index in [9.17, 15) is 0 Å². The third-order valence-electron chi connectivity index (χ3n) is 3.24. The van der Waals surface area contributed by atoms with E-state index in [0.717, 1.165) is 28.1 Å². The van der Waals surface area contributed by atoms with Crippen LogP contribution in [0.3, 0.4) is 0 Å². The van der Waals surface area contributed by atoms with Crippen molar-refractivity contribution in [3.05, 3.63) is 41.0 Å². The number of fused-ring (bicyclic) bond motifs is 1.